The molecule has 0 spiro atoms. The highest BCUT2D eigenvalue weighted by atomic mass is 19.3. The van der Waals surface area contributed by atoms with Gasteiger partial charge in [-0.2, -0.15) is 0 Å². The third kappa shape index (κ3) is 3.18. The van der Waals surface area contributed by atoms with Gasteiger partial charge in [-0.3, -0.25) is 0 Å². The Morgan fingerprint density at radius 1 is 0.962 bits per heavy atom. The van der Waals surface area contributed by atoms with Crippen molar-refractivity contribution in [2.75, 3.05) is 0 Å². The fourth-order valence-corrected chi connectivity index (χ4v) is 7.92. The lowest BCUT2D eigenvalue weighted by molar-refractivity contribution is -0.0657. The van der Waals surface area contributed by atoms with Gasteiger partial charge in [0.15, 0.2) is 0 Å². The molecule has 0 heterocycles. The summed E-state index contributed by atoms with van der Waals surface area (Å²) in [6, 6.07) is 0. The van der Waals surface area contributed by atoms with Crippen molar-refractivity contribution in [3.8, 4) is 0 Å². The molecule has 0 nitrogen and oxygen atoms in total. The van der Waals surface area contributed by atoms with Gasteiger partial charge >= 0.3 is 0 Å². The standard InChI is InChI=1S/C22H34F2.C2H6/c1-4-19-13(2)11-20-18-8-5-14-12-15(21(23)24)6-7-16(14)17(18)9-10-22(19,20)3;1-2/h4,13-18,20-21H,5-12H2,1-3H3;1-2H3/b19-4-;. The molecule has 8 unspecified atom stereocenters. The van der Waals surface area contributed by atoms with E-state index < -0.39 is 6.43 Å². The first-order chi connectivity index (χ1) is 12.5. The zero-order valence-electron chi connectivity index (χ0n) is 17.6. The molecule has 150 valence electrons. The molecular formula is C24H40F2. The lowest BCUT2D eigenvalue weighted by Gasteiger charge is -2.55. The molecule has 0 aromatic heterocycles. The molecule has 0 N–H and O–H groups in total. The van der Waals surface area contributed by atoms with Crippen molar-refractivity contribution in [2.24, 2.45) is 46.8 Å². The number of allylic oxidation sites excluding steroid dienone is 2. The van der Waals surface area contributed by atoms with Gasteiger partial charge in [0.25, 0.3) is 0 Å². The quantitative estimate of drug-likeness (QED) is 0.416. The third-order valence-corrected chi connectivity index (χ3v) is 8.85. The van der Waals surface area contributed by atoms with E-state index >= 15 is 0 Å². The van der Waals surface area contributed by atoms with Gasteiger partial charge in [-0.15, -0.1) is 0 Å². The Morgan fingerprint density at radius 3 is 2.31 bits per heavy atom. The molecule has 4 aliphatic carbocycles. The van der Waals surface area contributed by atoms with E-state index in [1.54, 1.807) is 5.57 Å². The normalized spacial score (nSPS) is 49.1. The van der Waals surface area contributed by atoms with Crippen LogP contribution in [0.1, 0.15) is 86.0 Å². The van der Waals surface area contributed by atoms with Crippen LogP contribution >= 0.6 is 0 Å². The first kappa shape index (κ1) is 20.3. The summed E-state index contributed by atoms with van der Waals surface area (Å²) in [4.78, 5) is 0. The molecule has 0 aromatic carbocycles. The summed E-state index contributed by atoms with van der Waals surface area (Å²) < 4.78 is 26.3. The highest BCUT2D eigenvalue weighted by Crippen LogP contribution is 2.65. The average Bonchev–Trinajstić information content (AvgIpc) is 2.92. The van der Waals surface area contributed by atoms with Crippen LogP contribution in [-0.2, 0) is 0 Å². The van der Waals surface area contributed by atoms with Crippen LogP contribution in [0.15, 0.2) is 11.6 Å². The lowest BCUT2D eigenvalue weighted by atomic mass is 9.50. The van der Waals surface area contributed by atoms with Crippen molar-refractivity contribution in [1.82, 2.24) is 0 Å². The van der Waals surface area contributed by atoms with Crippen molar-refractivity contribution in [1.29, 1.82) is 0 Å². The first-order valence-corrected chi connectivity index (χ1v) is 11.4. The Hall–Kier alpha value is -0.400. The summed E-state index contributed by atoms with van der Waals surface area (Å²) in [7, 11) is 0. The Kier molecular flexibility index (Phi) is 6.19. The summed E-state index contributed by atoms with van der Waals surface area (Å²) in [5.74, 6) is 4.36. The number of rotatable bonds is 1. The molecular weight excluding hydrogens is 326 g/mol. The number of hydrogen-bond donors (Lipinski definition) is 0. The SMILES string of the molecule is C/C=C1/C(C)CC2C3CCC4CC(C(F)F)CCC4C3CCC12C.CC. The van der Waals surface area contributed by atoms with Gasteiger partial charge in [0, 0.05) is 5.92 Å². The molecule has 0 bridgehead atoms. The lowest BCUT2D eigenvalue weighted by Crippen LogP contribution is -2.47. The maximum Gasteiger partial charge on any atom is 0.241 e. The zero-order valence-corrected chi connectivity index (χ0v) is 17.6. The second-order valence-electron chi connectivity index (χ2n) is 9.68. The van der Waals surface area contributed by atoms with Gasteiger partial charge < -0.3 is 0 Å². The van der Waals surface area contributed by atoms with Crippen molar-refractivity contribution < 1.29 is 8.78 Å². The molecule has 2 heteroatoms. The second-order valence-corrected chi connectivity index (χ2v) is 9.68. The fraction of sp³-hybridized carbons (Fsp3) is 0.917. The molecule has 0 radical (unpaired) electrons. The minimum Gasteiger partial charge on any atom is -0.210 e. The van der Waals surface area contributed by atoms with Crippen molar-refractivity contribution >= 4 is 0 Å². The number of fused-ring (bicyclic) bond motifs is 5. The van der Waals surface area contributed by atoms with Gasteiger partial charge in [-0.05, 0) is 99.2 Å². The van der Waals surface area contributed by atoms with Gasteiger partial charge in [-0.1, -0.05) is 39.3 Å². The monoisotopic (exact) mass is 366 g/mol. The molecule has 8 atom stereocenters. The highest BCUT2D eigenvalue weighted by molar-refractivity contribution is 5.25. The van der Waals surface area contributed by atoms with Crippen molar-refractivity contribution in [2.45, 2.75) is 92.4 Å². The van der Waals surface area contributed by atoms with Crippen LogP contribution in [0.3, 0.4) is 0 Å². The van der Waals surface area contributed by atoms with E-state index in [9.17, 15) is 8.78 Å². The predicted octanol–water partition coefficient (Wildman–Crippen LogP) is 7.74. The molecule has 26 heavy (non-hydrogen) atoms. The minimum atomic E-state index is -2.09. The Labute approximate surface area is 160 Å². The molecule has 0 saturated heterocycles. The van der Waals surface area contributed by atoms with E-state index in [1.807, 2.05) is 13.8 Å². The van der Waals surface area contributed by atoms with Crippen LogP contribution in [0.2, 0.25) is 0 Å². The van der Waals surface area contributed by atoms with E-state index in [0.717, 1.165) is 48.9 Å². The topological polar surface area (TPSA) is 0 Å². The molecule has 0 amide bonds. The van der Waals surface area contributed by atoms with Crippen LogP contribution in [0.4, 0.5) is 8.78 Å². The second kappa shape index (κ2) is 7.92. The smallest absolute Gasteiger partial charge is 0.210 e. The summed E-state index contributed by atoms with van der Waals surface area (Å²) in [6.07, 6.45) is 9.57. The highest BCUT2D eigenvalue weighted by Gasteiger charge is 2.56. The van der Waals surface area contributed by atoms with Gasteiger partial charge in [0.05, 0.1) is 0 Å². The third-order valence-electron chi connectivity index (χ3n) is 8.85. The number of hydrogen-bond acceptors (Lipinski definition) is 0. The van der Waals surface area contributed by atoms with Crippen LogP contribution in [-0.4, -0.2) is 6.43 Å². The maximum absolute atomic E-state index is 13.2. The van der Waals surface area contributed by atoms with Crippen molar-refractivity contribution in [3.63, 3.8) is 0 Å². The summed E-state index contributed by atoms with van der Waals surface area (Å²) in [6.45, 7) is 11.2. The molecule has 4 rings (SSSR count). The van der Waals surface area contributed by atoms with Gasteiger partial charge in [-0.25, -0.2) is 8.78 Å². The van der Waals surface area contributed by atoms with Crippen molar-refractivity contribution in [3.05, 3.63) is 11.6 Å². The first-order valence-electron chi connectivity index (χ1n) is 11.4. The predicted molar refractivity (Wildman–Crippen MR) is 106 cm³/mol. The Morgan fingerprint density at radius 2 is 1.65 bits per heavy atom. The van der Waals surface area contributed by atoms with E-state index in [2.05, 4.69) is 26.8 Å². The zero-order chi connectivity index (χ0) is 19.1. The summed E-state index contributed by atoms with van der Waals surface area (Å²) in [5, 5.41) is 0. The molecule has 0 aliphatic heterocycles. The summed E-state index contributed by atoms with van der Waals surface area (Å²) in [5.41, 5.74) is 2.15. The van der Waals surface area contributed by atoms with Crippen LogP contribution in [0.25, 0.3) is 0 Å². The van der Waals surface area contributed by atoms with Crippen LogP contribution in [0.5, 0.6) is 0 Å². The van der Waals surface area contributed by atoms with Crippen LogP contribution < -0.4 is 0 Å². The Bertz CT molecular complexity index is 510. The largest absolute Gasteiger partial charge is 0.241 e. The van der Waals surface area contributed by atoms with Gasteiger partial charge in [0.2, 0.25) is 6.43 Å². The van der Waals surface area contributed by atoms with E-state index in [-0.39, 0.29) is 5.92 Å². The average molecular weight is 367 g/mol. The molecule has 4 aliphatic rings. The Balaban J connectivity index is 0.000000948. The fourth-order valence-electron chi connectivity index (χ4n) is 7.92. The molecule has 0 aromatic rings. The van der Waals surface area contributed by atoms with Crippen LogP contribution in [0, 0.1) is 46.8 Å². The number of halogens is 2. The number of alkyl halides is 2. The molecule has 4 saturated carbocycles. The molecule has 4 fully saturated rings. The maximum atomic E-state index is 13.2. The summed E-state index contributed by atoms with van der Waals surface area (Å²) >= 11 is 0. The van der Waals surface area contributed by atoms with Gasteiger partial charge in [0.1, 0.15) is 0 Å². The van der Waals surface area contributed by atoms with E-state index in [1.165, 1.54) is 32.1 Å². The minimum absolute atomic E-state index is 0.308. The van der Waals surface area contributed by atoms with E-state index in [0.29, 0.717) is 11.3 Å². The van der Waals surface area contributed by atoms with E-state index in [4.69, 9.17) is 0 Å².